The monoisotopic (exact) mass is 733 g/mol. The zero-order valence-corrected chi connectivity index (χ0v) is 30.5. The number of nitrogens with zero attached hydrogens (tertiary/aromatic N) is 4. The van der Waals surface area contributed by atoms with Gasteiger partial charge in [0.05, 0.1) is 19.5 Å². The molecule has 1 aliphatic heterocycles. The lowest BCUT2D eigenvalue weighted by molar-refractivity contribution is -0.148. The molecule has 6 N–H and O–H groups in total. The number of imidazole rings is 1. The van der Waals surface area contributed by atoms with Crippen LogP contribution < -0.4 is 20.7 Å². The molecule has 1 aliphatic rings. The van der Waals surface area contributed by atoms with Gasteiger partial charge in [0.1, 0.15) is 29.6 Å². The minimum Gasteiger partial charge on any atom is -0.464 e. The highest BCUT2D eigenvalue weighted by Gasteiger charge is 2.54. The van der Waals surface area contributed by atoms with Gasteiger partial charge >= 0.3 is 13.7 Å². The lowest BCUT2D eigenvalue weighted by Gasteiger charge is -2.27. The molecule has 0 spiro atoms. The molecule has 0 amide bonds. The molecule has 2 aromatic heterocycles. The summed E-state index contributed by atoms with van der Waals surface area (Å²) in [5, 5.41) is 30.3. The van der Waals surface area contributed by atoms with Crippen LogP contribution in [-0.2, 0) is 29.9 Å². The van der Waals surface area contributed by atoms with Crippen LogP contribution >= 0.6 is 7.75 Å². The van der Waals surface area contributed by atoms with Crippen molar-refractivity contribution in [2.75, 3.05) is 24.3 Å². The molecule has 1 saturated heterocycles. The van der Waals surface area contributed by atoms with E-state index in [1.807, 2.05) is 75.4 Å². The van der Waals surface area contributed by atoms with Crippen molar-refractivity contribution >= 4 is 47.4 Å². The van der Waals surface area contributed by atoms with Gasteiger partial charge in [0.2, 0.25) is 5.95 Å². The van der Waals surface area contributed by atoms with Crippen LogP contribution in [-0.4, -0.2) is 72.8 Å². The van der Waals surface area contributed by atoms with Gasteiger partial charge in [-0.05, 0) is 36.3 Å². The minimum absolute atomic E-state index is 0.0457. The highest BCUT2D eigenvalue weighted by molar-refractivity contribution is 7.52. The maximum atomic E-state index is 14.5. The van der Waals surface area contributed by atoms with Crippen molar-refractivity contribution in [3.05, 3.63) is 84.7 Å². The number of aliphatic hydroxyl groups excluding tert-OH is 1. The SMILES string of the molecule is C[C@H](NP(=O)(OC[C@H]1O[C@@H](n2cnc3c(NCc4ccccc4)nc(N)nc32)[C@](C)(O)[C@@H]1O)Oc1cccc2ccccc12)C(=O)OCC(C)(C)C. The number of fused-ring (bicyclic) bond motifs is 2. The number of anilines is 2. The lowest BCUT2D eigenvalue weighted by atomic mass is 9.96. The van der Waals surface area contributed by atoms with E-state index in [0.29, 0.717) is 23.3 Å². The standard InChI is InChI=1S/C36H44N7O8P/c1-22(32(45)48-20-35(2,3)4)42-52(47,51-26-17-11-15-24-14-9-10-16-25(24)26)49-19-27-29(44)36(5,46)33(50-27)43-21-39-28-30(40-34(37)41-31(28)43)38-18-23-12-7-6-8-13-23/h6-17,21-22,27,29,33,44,46H,18-20H2,1-5H3,(H,42,47)(H3,37,38,40,41)/t22-,27+,29+,33+,36+,52?/m0/s1. The van der Waals surface area contributed by atoms with E-state index in [0.717, 1.165) is 10.9 Å². The van der Waals surface area contributed by atoms with Crippen LogP contribution in [0.1, 0.15) is 46.4 Å². The molecule has 1 fully saturated rings. The second-order valence-electron chi connectivity index (χ2n) is 14.2. The lowest BCUT2D eigenvalue weighted by Crippen LogP contribution is -2.44. The van der Waals surface area contributed by atoms with E-state index in [-0.39, 0.29) is 29.4 Å². The molecule has 276 valence electrons. The first-order valence-electron chi connectivity index (χ1n) is 16.8. The van der Waals surface area contributed by atoms with E-state index < -0.39 is 50.4 Å². The number of esters is 1. The number of hydrogen-bond donors (Lipinski definition) is 5. The van der Waals surface area contributed by atoms with E-state index in [9.17, 15) is 19.6 Å². The summed E-state index contributed by atoms with van der Waals surface area (Å²) in [7, 11) is -4.39. The van der Waals surface area contributed by atoms with Gasteiger partial charge in [0.25, 0.3) is 0 Å². The van der Waals surface area contributed by atoms with Crippen LogP contribution in [0.25, 0.3) is 21.9 Å². The summed E-state index contributed by atoms with van der Waals surface area (Å²) in [6.07, 6.45) is -2.58. The van der Waals surface area contributed by atoms with E-state index in [1.54, 1.807) is 18.2 Å². The molecule has 3 heterocycles. The third-order valence-corrected chi connectivity index (χ3v) is 10.1. The average Bonchev–Trinajstić information content (AvgIpc) is 3.62. The Morgan fingerprint density at radius 3 is 2.56 bits per heavy atom. The molecule has 52 heavy (non-hydrogen) atoms. The highest BCUT2D eigenvalue weighted by Crippen LogP contribution is 2.48. The van der Waals surface area contributed by atoms with Gasteiger partial charge in [-0.2, -0.15) is 15.1 Å². The fourth-order valence-corrected chi connectivity index (χ4v) is 7.28. The Morgan fingerprint density at radius 1 is 1.10 bits per heavy atom. The van der Waals surface area contributed by atoms with Gasteiger partial charge < -0.3 is 35.3 Å². The Hall–Kier alpha value is -4.63. The van der Waals surface area contributed by atoms with Crippen LogP contribution in [0, 0.1) is 5.41 Å². The van der Waals surface area contributed by atoms with Gasteiger partial charge in [0.15, 0.2) is 23.2 Å². The van der Waals surface area contributed by atoms with E-state index in [1.165, 1.54) is 24.7 Å². The van der Waals surface area contributed by atoms with Crippen molar-refractivity contribution in [1.82, 2.24) is 24.6 Å². The number of nitrogens with two attached hydrogens (primary N) is 1. The van der Waals surface area contributed by atoms with Crippen molar-refractivity contribution in [2.24, 2.45) is 5.41 Å². The number of aliphatic hydroxyl groups is 2. The van der Waals surface area contributed by atoms with Gasteiger partial charge in [-0.1, -0.05) is 87.5 Å². The maximum absolute atomic E-state index is 14.5. The van der Waals surface area contributed by atoms with Crippen LogP contribution in [0.5, 0.6) is 5.75 Å². The fraction of sp³-hybridized carbons (Fsp3) is 0.389. The molecular formula is C36H44N7O8P. The first-order valence-corrected chi connectivity index (χ1v) is 18.4. The number of rotatable bonds is 13. The molecule has 3 aromatic carbocycles. The van der Waals surface area contributed by atoms with Gasteiger partial charge in [-0.15, -0.1) is 0 Å². The Balaban J connectivity index is 1.23. The van der Waals surface area contributed by atoms with Gasteiger partial charge in [-0.3, -0.25) is 13.9 Å². The number of aromatic nitrogens is 4. The number of carbonyl (C=O) groups is 1. The third-order valence-electron chi connectivity index (χ3n) is 8.48. The number of hydrogen-bond acceptors (Lipinski definition) is 13. The van der Waals surface area contributed by atoms with E-state index in [4.69, 9.17) is 24.3 Å². The predicted octanol–water partition coefficient (Wildman–Crippen LogP) is 4.95. The summed E-state index contributed by atoms with van der Waals surface area (Å²) in [6, 6.07) is 21.2. The average molecular weight is 734 g/mol. The summed E-state index contributed by atoms with van der Waals surface area (Å²) in [5.74, 6) is -0.0985. The summed E-state index contributed by atoms with van der Waals surface area (Å²) in [6.45, 7) is 8.69. The summed E-state index contributed by atoms with van der Waals surface area (Å²) >= 11 is 0. The molecule has 5 aromatic rings. The molecule has 0 saturated carbocycles. The van der Waals surface area contributed by atoms with Crippen molar-refractivity contribution in [3.63, 3.8) is 0 Å². The Morgan fingerprint density at radius 2 is 1.81 bits per heavy atom. The largest absolute Gasteiger partial charge is 0.464 e. The molecule has 0 aliphatic carbocycles. The number of nitrogen functional groups attached to an aromatic ring is 1. The van der Waals surface area contributed by atoms with E-state index >= 15 is 0 Å². The second kappa shape index (κ2) is 14.8. The molecule has 0 bridgehead atoms. The van der Waals surface area contributed by atoms with Crippen molar-refractivity contribution < 1.29 is 38.1 Å². The van der Waals surface area contributed by atoms with Crippen LogP contribution in [0.3, 0.4) is 0 Å². The van der Waals surface area contributed by atoms with Crippen LogP contribution in [0.2, 0.25) is 0 Å². The summed E-state index contributed by atoms with van der Waals surface area (Å²) in [4.78, 5) is 26.1. The van der Waals surface area contributed by atoms with Crippen LogP contribution in [0.15, 0.2) is 79.1 Å². The normalized spacial score (nSPS) is 22.2. The number of nitrogens with one attached hydrogen (secondary N) is 2. The fourth-order valence-electron chi connectivity index (χ4n) is 5.76. The first kappa shape index (κ1) is 37.1. The first-order chi connectivity index (χ1) is 24.6. The summed E-state index contributed by atoms with van der Waals surface area (Å²) in [5.41, 5.74) is 5.49. The Bertz CT molecular complexity index is 2080. The molecule has 6 rings (SSSR count). The predicted molar refractivity (Wildman–Crippen MR) is 195 cm³/mol. The van der Waals surface area contributed by atoms with Gasteiger partial charge in [0, 0.05) is 11.9 Å². The van der Waals surface area contributed by atoms with Crippen molar-refractivity contribution in [3.8, 4) is 5.75 Å². The molecule has 0 radical (unpaired) electrons. The Labute approximate surface area is 301 Å². The Kier molecular flexibility index (Phi) is 10.6. The van der Waals surface area contributed by atoms with Crippen LogP contribution in [0.4, 0.5) is 11.8 Å². The quantitative estimate of drug-likeness (QED) is 0.0802. The number of carbonyl (C=O) groups excluding carboxylic acids is 1. The molecule has 15 nitrogen and oxygen atoms in total. The molecular weight excluding hydrogens is 689 g/mol. The van der Waals surface area contributed by atoms with E-state index in [2.05, 4.69) is 25.4 Å². The zero-order chi connectivity index (χ0) is 37.3. The second-order valence-corrected chi connectivity index (χ2v) is 15.9. The number of benzene rings is 3. The van der Waals surface area contributed by atoms with Gasteiger partial charge in [-0.25, -0.2) is 9.55 Å². The molecule has 6 atom stereocenters. The minimum atomic E-state index is -4.39. The smallest absolute Gasteiger partial charge is 0.459 e. The zero-order valence-electron chi connectivity index (χ0n) is 29.6. The highest BCUT2D eigenvalue weighted by atomic mass is 31.2. The summed E-state index contributed by atoms with van der Waals surface area (Å²) < 4.78 is 39.5. The van der Waals surface area contributed by atoms with Crippen molar-refractivity contribution in [2.45, 2.75) is 71.2 Å². The maximum Gasteiger partial charge on any atom is 0.459 e. The third kappa shape index (κ3) is 8.20. The topological polar surface area (TPSA) is 205 Å². The molecule has 16 heteroatoms. The molecule has 1 unspecified atom stereocenters. The van der Waals surface area contributed by atoms with Crippen molar-refractivity contribution in [1.29, 1.82) is 0 Å². The number of ether oxygens (including phenoxy) is 2.